The van der Waals surface area contributed by atoms with Gasteiger partial charge in [0.05, 0.1) is 16.2 Å². The molecule has 10 nitrogen and oxygen atoms in total. The Bertz CT molecular complexity index is 1440. The number of halogens is 3. The van der Waals surface area contributed by atoms with Crippen molar-refractivity contribution in [3.05, 3.63) is 26.8 Å². The lowest BCUT2D eigenvalue weighted by Gasteiger charge is -2.30. The van der Waals surface area contributed by atoms with Gasteiger partial charge in [0.25, 0.3) is 0 Å². The van der Waals surface area contributed by atoms with Crippen LogP contribution in [0.25, 0.3) is 14.5 Å². The summed E-state index contributed by atoms with van der Waals surface area (Å²) in [6.45, 7) is 3.57. The lowest BCUT2D eigenvalue weighted by Crippen LogP contribution is -2.36. The minimum absolute atomic E-state index is 0.0871. The molecule has 5 rings (SSSR count). The van der Waals surface area contributed by atoms with E-state index in [0.717, 1.165) is 25.9 Å². The second-order valence-corrected chi connectivity index (χ2v) is 11.2. The number of aromatic nitrogens is 5. The highest BCUT2D eigenvalue weighted by Gasteiger charge is 2.40. The molecule has 3 aromatic rings. The van der Waals surface area contributed by atoms with E-state index >= 15 is 0 Å². The number of anilines is 2. The average molecular weight is 514 g/mol. The number of fused-ring (bicyclic) bond motifs is 2. The molecule has 1 atom stereocenters. The molecule has 0 aromatic carbocycles. The smallest absolute Gasteiger partial charge is 0.347 e. The van der Waals surface area contributed by atoms with Gasteiger partial charge in [-0.3, -0.25) is 0 Å². The van der Waals surface area contributed by atoms with Gasteiger partial charge in [0, 0.05) is 31.1 Å². The lowest BCUT2D eigenvalue weighted by atomic mass is 10.1. The summed E-state index contributed by atoms with van der Waals surface area (Å²) >= 11 is 1.51. The molecule has 34 heavy (non-hydrogen) atoms. The molecule has 0 spiro atoms. The molecule has 0 N–H and O–H groups in total. The van der Waals surface area contributed by atoms with Crippen LogP contribution in [0.3, 0.4) is 0 Å². The monoisotopic (exact) mass is 513 g/mol. The van der Waals surface area contributed by atoms with Crippen molar-refractivity contribution in [2.45, 2.75) is 32.6 Å². The van der Waals surface area contributed by atoms with Crippen LogP contribution in [0, 0.1) is 18.9 Å². The molecule has 180 valence electrons. The van der Waals surface area contributed by atoms with Gasteiger partial charge >= 0.3 is 22.3 Å². The number of rotatable bonds is 2. The van der Waals surface area contributed by atoms with Crippen molar-refractivity contribution in [2.75, 3.05) is 35.7 Å². The van der Waals surface area contributed by atoms with Crippen LogP contribution in [-0.4, -0.2) is 59.0 Å². The van der Waals surface area contributed by atoms with Crippen LogP contribution < -0.4 is 9.80 Å². The molecule has 1 fully saturated rings. The summed E-state index contributed by atoms with van der Waals surface area (Å²) in [6.07, 6.45) is -2.88. The third-order valence-corrected chi connectivity index (χ3v) is 7.04. The lowest BCUT2D eigenvalue weighted by molar-refractivity contribution is -0.147. The van der Waals surface area contributed by atoms with Gasteiger partial charge in [0.15, 0.2) is 5.82 Å². The van der Waals surface area contributed by atoms with Crippen molar-refractivity contribution in [3.63, 3.8) is 0 Å². The van der Waals surface area contributed by atoms with E-state index in [9.17, 15) is 21.6 Å². The fourth-order valence-corrected chi connectivity index (χ4v) is 5.37. The van der Waals surface area contributed by atoms with Gasteiger partial charge in [-0.15, -0.1) is 30.0 Å². The number of hydrogen-bond acceptors (Lipinski definition) is 9. The van der Waals surface area contributed by atoms with E-state index in [4.69, 9.17) is 9.97 Å². The third-order valence-electron chi connectivity index (χ3n) is 5.66. The predicted molar refractivity (Wildman–Crippen MR) is 121 cm³/mol. The fourth-order valence-electron chi connectivity index (χ4n) is 4.16. The standard InChI is InChI=1S/C19H20F3N8O2S2/c1-11-7-13-15(28-5-6-30-14(10-28)26-27-17(30)19(20,21)22)24-18(25-16(13)33-11)29-4-3-12(9-29)8-23-34(2,31)32/h7,12H,3-6,9-10H2,1-2H3/q+1. The Morgan fingerprint density at radius 3 is 2.71 bits per heavy atom. The third kappa shape index (κ3) is 4.39. The average Bonchev–Trinajstić information content (AvgIpc) is 3.47. The van der Waals surface area contributed by atoms with Gasteiger partial charge in [-0.05, 0) is 19.4 Å². The van der Waals surface area contributed by atoms with Gasteiger partial charge in [-0.1, -0.05) is 0 Å². The van der Waals surface area contributed by atoms with Gasteiger partial charge in [-0.25, -0.2) is 4.98 Å². The first-order valence-electron chi connectivity index (χ1n) is 10.4. The highest BCUT2D eigenvalue weighted by atomic mass is 32.2. The van der Waals surface area contributed by atoms with Crippen molar-refractivity contribution >= 4 is 43.3 Å². The summed E-state index contributed by atoms with van der Waals surface area (Å²) in [4.78, 5) is 15.1. The van der Waals surface area contributed by atoms with Crippen LogP contribution in [-0.2, 0) is 29.3 Å². The maximum atomic E-state index is 13.2. The fraction of sp³-hybridized carbons (Fsp3) is 0.526. The molecule has 2 aliphatic heterocycles. The molecule has 1 saturated heterocycles. The Balaban J connectivity index is 1.47. The number of thiophene rings is 1. The minimum atomic E-state index is -4.56. The van der Waals surface area contributed by atoms with Crippen LogP contribution in [0.4, 0.5) is 24.9 Å². The quantitative estimate of drug-likeness (QED) is 0.516. The normalized spacial score (nSPS) is 18.8. The van der Waals surface area contributed by atoms with Crippen molar-refractivity contribution < 1.29 is 21.6 Å². The summed E-state index contributed by atoms with van der Waals surface area (Å²) < 4.78 is 66.9. The summed E-state index contributed by atoms with van der Waals surface area (Å²) in [6, 6.07) is 4.66. The molecular weight excluding hydrogens is 493 g/mol. The maximum absolute atomic E-state index is 13.2. The Morgan fingerprint density at radius 1 is 1.18 bits per heavy atom. The molecule has 5 heterocycles. The highest BCUT2D eigenvalue weighted by Crippen LogP contribution is 2.36. The van der Waals surface area contributed by atoms with Crippen molar-refractivity contribution in [2.24, 2.45) is 5.92 Å². The van der Waals surface area contributed by atoms with E-state index in [0.29, 0.717) is 37.8 Å². The number of alkyl halides is 3. The SMILES string of the molecule is Cc1cc2c(N3CCn4c(nnc4C(F)(F)F)C3)nc(N3CCC(C#[N+]S(C)(=O)=O)C3)nc2s1. The van der Waals surface area contributed by atoms with Gasteiger partial charge in [0.2, 0.25) is 11.8 Å². The maximum Gasteiger partial charge on any atom is 0.476 e. The first-order chi connectivity index (χ1) is 16.0. The van der Waals surface area contributed by atoms with Gasteiger partial charge < -0.3 is 14.4 Å². The number of hydrogen-bond donors (Lipinski definition) is 0. The number of sulfonamides is 1. The molecule has 3 aromatic heterocycles. The first-order valence-corrected chi connectivity index (χ1v) is 13.1. The molecular formula is C19H20F3N8O2S2+. The van der Waals surface area contributed by atoms with Crippen LogP contribution in [0.1, 0.15) is 22.9 Å². The molecule has 0 aliphatic carbocycles. The molecule has 0 bridgehead atoms. The Hall–Kier alpha value is -2.99. The second-order valence-electron chi connectivity index (χ2n) is 8.32. The van der Waals surface area contributed by atoms with E-state index in [2.05, 4.69) is 20.5 Å². The molecule has 1 unspecified atom stereocenters. The zero-order valence-corrected chi connectivity index (χ0v) is 19.9. The van der Waals surface area contributed by atoms with E-state index in [1.54, 1.807) is 0 Å². The number of aryl methyl sites for hydroxylation is 1. The molecule has 0 amide bonds. The summed E-state index contributed by atoms with van der Waals surface area (Å²) in [7, 11) is -3.50. The van der Waals surface area contributed by atoms with Crippen molar-refractivity contribution in [1.82, 2.24) is 24.7 Å². The van der Waals surface area contributed by atoms with E-state index in [1.165, 1.54) is 11.3 Å². The summed E-state index contributed by atoms with van der Waals surface area (Å²) in [5.74, 6) is 0.182. The van der Waals surface area contributed by atoms with Crippen LogP contribution in [0.5, 0.6) is 0 Å². The highest BCUT2D eigenvalue weighted by molar-refractivity contribution is 7.92. The van der Waals surface area contributed by atoms with Gasteiger partial charge in [0.1, 0.15) is 22.8 Å². The minimum Gasteiger partial charge on any atom is -0.347 e. The van der Waals surface area contributed by atoms with Gasteiger partial charge in [-0.2, -0.15) is 18.2 Å². The van der Waals surface area contributed by atoms with Crippen molar-refractivity contribution in [1.29, 1.82) is 0 Å². The first kappa shape index (κ1) is 22.8. The Morgan fingerprint density at radius 2 is 1.97 bits per heavy atom. The van der Waals surface area contributed by atoms with E-state index < -0.39 is 22.0 Å². The number of nitrogens with zero attached hydrogens (tertiary/aromatic N) is 8. The van der Waals surface area contributed by atoms with E-state index in [-0.39, 0.29) is 24.8 Å². The van der Waals surface area contributed by atoms with Crippen LogP contribution >= 0.6 is 11.3 Å². The van der Waals surface area contributed by atoms with Crippen molar-refractivity contribution in [3.8, 4) is 6.07 Å². The Kier molecular flexibility index (Phi) is 5.40. The second kappa shape index (κ2) is 8.05. The molecule has 0 radical (unpaired) electrons. The zero-order valence-electron chi connectivity index (χ0n) is 18.2. The molecule has 0 saturated carbocycles. The predicted octanol–water partition coefficient (Wildman–Crippen LogP) is 2.75. The topological polar surface area (TPSA) is 101 Å². The largest absolute Gasteiger partial charge is 0.476 e. The zero-order chi connectivity index (χ0) is 24.3. The summed E-state index contributed by atoms with van der Waals surface area (Å²) in [5, 5.41) is 7.95. The summed E-state index contributed by atoms with van der Waals surface area (Å²) in [5.41, 5.74) is 0. The van der Waals surface area contributed by atoms with Crippen LogP contribution in [0.2, 0.25) is 0 Å². The van der Waals surface area contributed by atoms with E-state index in [1.807, 2.05) is 22.8 Å². The molecule has 2 aliphatic rings. The Labute approximate surface area is 196 Å². The van der Waals surface area contributed by atoms with Crippen LogP contribution in [0.15, 0.2) is 6.07 Å². The molecule has 15 heteroatoms.